The summed E-state index contributed by atoms with van der Waals surface area (Å²) in [6.07, 6.45) is -4.42. The Morgan fingerprint density at radius 2 is 1.70 bits per heavy atom. The van der Waals surface area contributed by atoms with E-state index < -0.39 is 40.9 Å². The number of carbonyl (C=O) groups excluding carboxylic acids is 1. The SMILES string of the molecule is O=C(Nc1nn(Cc2ccccc2Cl)cc1Br)c1cc2nc(-c3ccc(F)cc3)cc(C(F)(F)C(F)(F)F)n2n1. The van der Waals surface area contributed by atoms with Crippen molar-refractivity contribution in [2.24, 2.45) is 0 Å². The molecule has 0 fully saturated rings. The van der Waals surface area contributed by atoms with Gasteiger partial charge in [-0.15, -0.1) is 0 Å². The lowest BCUT2D eigenvalue weighted by atomic mass is 10.1. The molecule has 0 saturated heterocycles. The molecule has 1 N–H and O–H groups in total. The Labute approximate surface area is 234 Å². The lowest BCUT2D eigenvalue weighted by molar-refractivity contribution is -0.291. The number of hydrogen-bond donors (Lipinski definition) is 1. The molecule has 2 aromatic carbocycles. The van der Waals surface area contributed by atoms with Crippen molar-refractivity contribution in [3.8, 4) is 11.3 Å². The van der Waals surface area contributed by atoms with E-state index in [1.807, 2.05) is 0 Å². The molecule has 3 heterocycles. The molecule has 7 nitrogen and oxygen atoms in total. The van der Waals surface area contributed by atoms with Gasteiger partial charge in [0.05, 0.1) is 16.7 Å². The summed E-state index contributed by atoms with van der Waals surface area (Å²) in [6.45, 7) is 0.258. The molecule has 0 unspecified atom stereocenters. The number of hydrogen-bond acceptors (Lipinski definition) is 4. The summed E-state index contributed by atoms with van der Waals surface area (Å²) >= 11 is 9.44. The van der Waals surface area contributed by atoms with Crippen LogP contribution in [0.3, 0.4) is 0 Å². The van der Waals surface area contributed by atoms with Crippen molar-refractivity contribution in [2.75, 3.05) is 5.32 Å². The zero-order valence-corrected chi connectivity index (χ0v) is 22.1. The molecule has 0 spiro atoms. The molecule has 1 amide bonds. The minimum atomic E-state index is -5.98. The van der Waals surface area contributed by atoms with E-state index in [0.29, 0.717) is 15.6 Å². The molecular weight excluding hydrogens is 630 g/mol. The average molecular weight is 644 g/mol. The van der Waals surface area contributed by atoms with Crippen molar-refractivity contribution in [2.45, 2.75) is 18.6 Å². The van der Waals surface area contributed by atoms with Gasteiger partial charge in [-0.2, -0.15) is 32.1 Å². The van der Waals surface area contributed by atoms with E-state index in [0.717, 1.165) is 23.8 Å². The summed E-state index contributed by atoms with van der Waals surface area (Å²) in [5.74, 6) is -6.91. The van der Waals surface area contributed by atoms with Crippen LogP contribution in [-0.2, 0) is 12.5 Å². The van der Waals surface area contributed by atoms with E-state index in [1.54, 1.807) is 30.5 Å². The lowest BCUT2D eigenvalue weighted by Gasteiger charge is -2.21. The van der Waals surface area contributed by atoms with Gasteiger partial charge in [0.25, 0.3) is 5.91 Å². The standard InChI is InChI=1S/C25H14BrClF6N6O/c26-16-12-38(11-14-3-1-2-4-17(14)27)37-22(16)35-23(40)19-10-21-34-18(13-5-7-15(28)8-6-13)9-20(39(21)36-19)24(29,30)25(31,32)33/h1-10,12H,11H2,(H,35,37,40). The Morgan fingerprint density at radius 1 is 1.00 bits per heavy atom. The molecule has 40 heavy (non-hydrogen) atoms. The molecule has 15 heteroatoms. The van der Waals surface area contributed by atoms with Crippen LogP contribution in [0.4, 0.5) is 32.2 Å². The highest BCUT2D eigenvalue weighted by Crippen LogP contribution is 2.44. The molecule has 0 radical (unpaired) electrons. The predicted octanol–water partition coefficient (Wildman–Crippen LogP) is 7.10. The zero-order chi connectivity index (χ0) is 28.8. The van der Waals surface area contributed by atoms with Crippen LogP contribution in [0, 0.1) is 5.82 Å². The van der Waals surface area contributed by atoms with Gasteiger partial charge in [-0.25, -0.2) is 13.9 Å². The average Bonchev–Trinajstić information content (AvgIpc) is 3.47. The van der Waals surface area contributed by atoms with E-state index in [4.69, 9.17) is 11.6 Å². The molecule has 0 saturated carbocycles. The highest BCUT2D eigenvalue weighted by molar-refractivity contribution is 9.10. The number of rotatable bonds is 6. The Morgan fingerprint density at radius 3 is 2.38 bits per heavy atom. The fourth-order valence-electron chi connectivity index (χ4n) is 3.76. The summed E-state index contributed by atoms with van der Waals surface area (Å²) in [7, 11) is 0. The van der Waals surface area contributed by atoms with Crippen LogP contribution < -0.4 is 5.32 Å². The Kier molecular flexibility index (Phi) is 7.08. The van der Waals surface area contributed by atoms with Gasteiger partial charge in [0.1, 0.15) is 11.5 Å². The van der Waals surface area contributed by atoms with Crippen molar-refractivity contribution >= 4 is 44.9 Å². The number of anilines is 1. The second kappa shape index (κ2) is 10.2. The predicted molar refractivity (Wildman–Crippen MR) is 137 cm³/mol. The van der Waals surface area contributed by atoms with E-state index in [2.05, 4.69) is 36.4 Å². The number of nitrogens with zero attached hydrogens (tertiary/aromatic N) is 5. The fraction of sp³-hybridized carbons (Fsp3) is 0.120. The van der Waals surface area contributed by atoms with Gasteiger partial charge >= 0.3 is 12.1 Å². The Balaban J connectivity index is 1.51. The molecule has 5 rings (SSSR count). The van der Waals surface area contributed by atoms with Crippen LogP contribution >= 0.6 is 27.5 Å². The van der Waals surface area contributed by atoms with Crippen molar-refractivity contribution in [1.82, 2.24) is 24.4 Å². The quantitative estimate of drug-likeness (QED) is 0.200. The summed E-state index contributed by atoms with van der Waals surface area (Å²) in [6, 6.07) is 12.8. The summed E-state index contributed by atoms with van der Waals surface area (Å²) < 4.78 is 84.6. The van der Waals surface area contributed by atoms with Gasteiger partial charge in [-0.05, 0) is 57.9 Å². The molecule has 0 bridgehead atoms. The first kappa shape index (κ1) is 27.6. The van der Waals surface area contributed by atoms with E-state index in [1.165, 1.54) is 16.8 Å². The lowest BCUT2D eigenvalue weighted by Crippen LogP contribution is -2.36. The van der Waals surface area contributed by atoms with Crippen molar-refractivity contribution < 1.29 is 31.1 Å². The molecular formula is C25H14BrClF6N6O. The smallest absolute Gasteiger partial charge is 0.303 e. The van der Waals surface area contributed by atoms with E-state index >= 15 is 0 Å². The largest absolute Gasteiger partial charge is 0.459 e. The van der Waals surface area contributed by atoms with Crippen molar-refractivity contribution in [3.63, 3.8) is 0 Å². The second-order valence-corrected chi connectivity index (χ2v) is 9.74. The number of alkyl halides is 5. The third-order valence-corrected chi connectivity index (χ3v) is 6.67. The number of aromatic nitrogens is 5. The monoisotopic (exact) mass is 642 g/mol. The van der Waals surface area contributed by atoms with Gasteiger partial charge in [-0.1, -0.05) is 29.8 Å². The molecule has 3 aromatic heterocycles. The minimum absolute atomic E-state index is 0.0370. The van der Waals surface area contributed by atoms with Gasteiger partial charge in [0, 0.05) is 22.8 Å². The van der Waals surface area contributed by atoms with Crippen LogP contribution in [-0.4, -0.2) is 36.5 Å². The normalized spacial score (nSPS) is 12.2. The summed E-state index contributed by atoms with van der Waals surface area (Å²) in [5, 5.41) is 10.9. The number of benzene rings is 2. The first-order chi connectivity index (χ1) is 18.8. The van der Waals surface area contributed by atoms with Crippen LogP contribution in [0.5, 0.6) is 0 Å². The second-order valence-electron chi connectivity index (χ2n) is 8.47. The summed E-state index contributed by atoms with van der Waals surface area (Å²) in [4.78, 5) is 17.0. The van der Waals surface area contributed by atoms with Crippen LogP contribution in [0.15, 0.2) is 71.3 Å². The topological polar surface area (TPSA) is 77.1 Å². The van der Waals surface area contributed by atoms with Gasteiger partial charge < -0.3 is 5.32 Å². The number of fused-ring (bicyclic) bond motifs is 1. The minimum Gasteiger partial charge on any atom is -0.303 e. The molecule has 206 valence electrons. The van der Waals surface area contributed by atoms with Crippen LogP contribution in [0.25, 0.3) is 16.9 Å². The maximum atomic E-state index is 14.6. The Hall–Kier alpha value is -3.91. The van der Waals surface area contributed by atoms with Gasteiger partial charge in [-0.3, -0.25) is 9.48 Å². The Bertz CT molecular complexity index is 1730. The number of halogens is 8. The fourth-order valence-corrected chi connectivity index (χ4v) is 4.37. The van der Waals surface area contributed by atoms with Crippen LogP contribution in [0.2, 0.25) is 5.02 Å². The zero-order valence-electron chi connectivity index (χ0n) is 19.7. The van der Waals surface area contributed by atoms with E-state index in [9.17, 15) is 31.1 Å². The summed E-state index contributed by atoms with van der Waals surface area (Å²) in [5.41, 5.74) is -2.03. The van der Waals surface area contributed by atoms with Gasteiger partial charge in [0.15, 0.2) is 17.2 Å². The van der Waals surface area contributed by atoms with Crippen molar-refractivity contribution in [1.29, 1.82) is 0 Å². The third kappa shape index (κ3) is 5.28. The first-order valence-electron chi connectivity index (χ1n) is 11.2. The molecule has 0 aliphatic carbocycles. The highest BCUT2D eigenvalue weighted by Gasteiger charge is 2.60. The van der Waals surface area contributed by atoms with Crippen molar-refractivity contribution in [3.05, 3.63) is 99.1 Å². The first-order valence-corrected chi connectivity index (χ1v) is 12.4. The molecule has 0 atom stereocenters. The maximum absolute atomic E-state index is 14.6. The van der Waals surface area contributed by atoms with Crippen LogP contribution in [0.1, 0.15) is 21.7 Å². The number of carbonyl (C=O) groups is 1. The van der Waals surface area contributed by atoms with E-state index in [-0.39, 0.29) is 28.1 Å². The van der Waals surface area contributed by atoms with Gasteiger partial charge in [0.2, 0.25) is 0 Å². The number of amides is 1. The molecule has 0 aliphatic heterocycles. The third-order valence-electron chi connectivity index (χ3n) is 5.72. The highest BCUT2D eigenvalue weighted by atomic mass is 79.9. The number of nitrogens with one attached hydrogen (secondary N) is 1. The maximum Gasteiger partial charge on any atom is 0.459 e. The molecule has 5 aromatic rings. The molecule has 0 aliphatic rings.